The average Bonchev–Trinajstić information content (AvgIpc) is 3.29. The van der Waals surface area contributed by atoms with Gasteiger partial charge in [0.1, 0.15) is 11.6 Å². The minimum atomic E-state index is -0.339. The number of carbonyl (C=O) groups is 1. The molecular weight excluding hydrogens is 371 g/mol. The van der Waals surface area contributed by atoms with Gasteiger partial charge in [0, 0.05) is 29.6 Å². The van der Waals surface area contributed by atoms with E-state index in [0.29, 0.717) is 5.75 Å². The lowest BCUT2D eigenvalue weighted by atomic mass is 10.1. The molecule has 0 radical (unpaired) electrons. The van der Waals surface area contributed by atoms with Crippen LogP contribution < -0.4 is 20.9 Å². The Hall–Kier alpha value is -2.90. The van der Waals surface area contributed by atoms with Crippen LogP contribution in [0.5, 0.6) is 5.75 Å². The summed E-state index contributed by atoms with van der Waals surface area (Å²) in [6, 6.07) is 14.1. The van der Waals surface area contributed by atoms with Crippen molar-refractivity contribution in [1.29, 1.82) is 0 Å². The molecule has 29 heavy (non-hydrogen) atoms. The zero-order chi connectivity index (χ0) is 20.4. The summed E-state index contributed by atoms with van der Waals surface area (Å²) in [5.41, 5.74) is 10.2. The van der Waals surface area contributed by atoms with Gasteiger partial charge in [-0.3, -0.25) is 4.79 Å². The van der Waals surface area contributed by atoms with E-state index in [9.17, 15) is 9.18 Å². The standard InChI is InChI=1S/C22H25FN4O2/c1-3-27-19-7-5-4-6-17(19)14(2)22(27)18-12-20(26-25-18)24-21(28)13-29-16-10-8-15(23)9-11-16/h4-11,18,20,25-26H,3,12-13H2,1-2H3,(H,24,28). The first kappa shape index (κ1) is 19.4. The van der Waals surface area contributed by atoms with Crippen molar-refractivity contribution >= 4 is 16.8 Å². The number of nitrogens with zero attached hydrogens (tertiary/aromatic N) is 1. The maximum atomic E-state index is 12.9. The molecule has 1 aliphatic rings. The summed E-state index contributed by atoms with van der Waals surface area (Å²) in [6.45, 7) is 5.05. The summed E-state index contributed by atoms with van der Waals surface area (Å²) in [5, 5.41) is 4.19. The molecule has 1 saturated heterocycles. The van der Waals surface area contributed by atoms with Gasteiger partial charge in [0.2, 0.25) is 0 Å². The van der Waals surface area contributed by atoms with Crippen LogP contribution in [0.15, 0.2) is 48.5 Å². The molecule has 3 aromatic rings. The second-order valence-electron chi connectivity index (χ2n) is 7.21. The topological polar surface area (TPSA) is 67.3 Å². The van der Waals surface area contributed by atoms with Crippen molar-refractivity contribution in [2.75, 3.05) is 6.61 Å². The number of aryl methyl sites for hydroxylation is 2. The lowest BCUT2D eigenvalue weighted by molar-refractivity contribution is -0.123. The molecule has 1 fully saturated rings. The van der Waals surface area contributed by atoms with E-state index in [0.717, 1.165) is 13.0 Å². The van der Waals surface area contributed by atoms with E-state index in [-0.39, 0.29) is 30.5 Å². The maximum absolute atomic E-state index is 12.9. The third-order valence-electron chi connectivity index (χ3n) is 5.34. The fourth-order valence-electron chi connectivity index (χ4n) is 4.03. The number of aromatic nitrogens is 1. The zero-order valence-electron chi connectivity index (χ0n) is 16.5. The highest BCUT2D eigenvalue weighted by Crippen LogP contribution is 2.32. The predicted octanol–water partition coefficient (Wildman–Crippen LogP) is 3.17. The summed E-state index contributed by atoms with van der Waals surface area (Å²) < 4.78 is 20.7. The Balaban J connectivity index is 1.39. The molecular formula is C22H25FN4O2. The SMILES string of the molecule is CCn1c(C2CC(NC(=O)COc3ccc(F)cc3)NN2)c(C)c2ccccc21. The second-order valence-corrected chi connectivity index (χ2v) is 7.21. The molecule has 2 aromatic carbocycles. The smallest absolute Gasteiger partial charge is 0.259 e. The van der Waals surface area contributed by atoms with Crippen LogP contribution in [0.2, 0.25) is 0 Å². The Morgan fingerprint density at radius 1 is 1.21 bits per heavy atom. The highest BCUT2D eigenvalue weighted by atomic mass is 19.1. The van der Waals surface area contributed by atoms with Gasteiger partial charge in [-0.1, -0.05) is 18.2 Å². The Labute approximate surface area is 169 Å². The summed E-state index contributed by atoms with van der Waals surface area (Å²) in [6.07, 6.45) is 0.520. The van der Waals surface area contributed by atoms with Crippen LogP contribution in [0.1, 0.15) is 30.6 Å². The third-order valence-corrected chi connectivity index (χ3v) is 5.34. The van der Waals surface area contributed by atoms with Crippen molar-refractivity contribution in [3.8, 4) is 5.75 Å². The third kappa shape index (κ3) is 3.97. The van der Waals surface area contributed by atoms with Gasteiger partial charge in [0.05, 0.1) is 12.2 Å². The van der Waals surface area contributed by atoms with Crippen molar-refractivity contribution in [3.05, 3.63) is 65.6 Å². The van der Waals surface area contributed by atoms with E-state index in [4.69, 9.17) is 4.74 Å². The number of nitrogens with one attached hydrogen (secondary N) is 3. The van der Waals surface area contributed by atoms with E-state index in [1.54, 1.807) is 0 Å². The van der Waals surface area contributed by atoms with E-state index in [1.807, 2.05) is 0 Å². The minimum Gasteiger partial charge on any atom is -0.484 e. The lowest BCUT2D eigenvalue weighted by Gasteiger charge is -2.15. The number of rotatable bonds is 6. The van der Waals surface area contributed by atoms with E-state index in [2.05, 4.69) is 58.8 Å². The van der Waals surface area contributed by atoms with Gasteiger partial charge in [-0.2, -0.15) is 0 Å². The quantitative estimate of drug-likeness (QED) is 0.599. The molecule has 1 aromatic heterocycles. The monoisotopic (exact) mass is 396 g/mol. The number of para-hydroxylation sites is 1. The van der Waals surface area contributed by atoms with Crippen LogP contribution in [0.4, 0.5) is 4.39 Å². The molecule has 0 aliphatic carbocycles. The van der Waals surface area contributed by atoms with Crippen molar-refractivity contribution in [1.82, 2.24) is 20.7 Å². The summed E-state index contributed by atoms with van der Waals surface area (Å²) in [5.74, 6) is -0.115. The molecule has 0 bridgehead atoms. The number of carbonyl (C=O) groups excluding carboxylic acids is 1. The summed E-state index contributed by atoms with van der Waals surface area (Å²) in [4.78, 5) is 12.2. The maximum Gasteiger partial charge on any atom is 0.259 e. The zero-order valence-corrected chi connectivity index (χ0v) is 16.5. The van der Waals surface area contributed by atoms with E-state index >= 15 is 0 Å². The van der Waals surface area contributed by atoms with Crippen LogP contribution in [-0.2, 0) is 11.3 Å². The largest absolute Gasteiger partial charge is 0.484 e. The van der Waals surface area contributed by atoms with Crippen molar-refractivity contribution in [3.63, 3.8) is 0 Å². The molecule has 1 amide bonds. The lowest BCUT2D eigenvalue weighted by Crippen LogP contribution is -2.45. The number of amides is 1. The van der Waals surface area contributed by atoms with Crippen LogP contribution in [0.25, 0.3) is 10.9 Å². The van der Waals surface area contributed by atoms with Gasteiger partial charge in [0.25, 0.3) is 5.91 Å². The van der Waals surface area contributed by atoms with Crippen molar-refractivity contribution in [2.24, 2.45) is 0 Å². The predicted molar refractivity (Wildman–Crippen MR) is 110 cm³/mol. The molecule has 2 unspecified atom stereocenters. The highest BCUT2D eigenvalue weighted by molar-refractivity contribution is 5.85. The van der Waals surface area contributed by atoms with Crippen LogP contribution in [0.3, 0.4) is 0 Å². The van der Waals surface area contributed by atoms with Crippen LogP contribution in [0, 0.1) is 12.7 Å². The summed E-state index contributed by atoms with van der Waals surface area (Å²) in [7, 11) is 0. The van der Waals surface area contributed by atoms with Gasteiger partial charge in [-0.25, -0.2) is 15.2 Å². The number of hydrazine groups is 1. The average molecular weight is 396 g/mol. The number of benzene rings is 2. The molecule has 0 spiro atoms. The molecule has 1 aliphatic heterocycles. The van der Waals surface area contributed by atoms with Crippen molar-refractivity contribution < 1.29 is 13.9 Å². The van der Waals surface area contributed by atoms with Gasteiger partial charge < -0.3 is 14.6 Å². The Morgan fingerprint density at radius 2 is 1.97 bits per heavy atom. The number of hydrogen-bond donors (Lipinski definition) is 3. The molecule has 3 N–H and O–H groups in total. The van der Waals surface area contributed by atoms with Gasteiger partial charge in [-0.15, -0.1) is 0 Å². The van der Waals surface area contributed by atoms with Crippen molar-refractivity contribution in [2.45, 2.75) is 39.0 Å². The first-order chi connectivity index (χ1) is 14.1. The van der Waals surface area contributed by atoms with Gasteiger partial charge in [-0.05, 0) is 49.7 Å². The Morgan fingerprint density at radius 3 is 2.72 bits per heavy atom. The molecule has 152 valence electrons. The number of ether oxygens (including phenoxy) is 1. The van der Waals surface area contributed by atoms with Gasteiger partial charge in [0.15, 0.2) is 6.61 Å². The van der Waals surface area contributed by atoms with E-state index < -0.39 is 0 Å². The molecule has 6 nitrogen and oxygen atoms in total. The van der Waals surface area contributed by atoms with Crippen LogP contribution >= 0.6 is 0 Å². The number of hydrogen-bond acceptors (Lipinski definition) is 4. The molecule has 7 heteroatoms. The fraction of sp³-hybridized carbons (Fsp3) is 0.318. The molecule has 4 rings (SSSR count). The first-order valence-electron chi connectivity index (χ1n) is 9.83. The molecule has 0 saturated carbocycles. The molecule has 2 heterocycles. The van der Waals surface area contributed by atoms with Gasteiger partial charge >= 0.3 is 0 Å². The first-order valence-corrected chi connectivity index (χ1v) is 9.83. The van der Waals surface area contributed by atoms with E-state index in [1.165, 1.54) is 46.4 Å². The Bertz CT molecular complexity index is 1020. The second kappa shape index (κ2) is 8.23. The number of halogens is 1. The number of fused-ring (bicyclic) bond motifs is 1. The highest BCUT2D eigenvalue weighted by Gasteiger charge is 2.30. The minimum absolute atomic E-state index is 0.0886. The normalized spacial score (nSPS) is 18.9. The van der Waals surface area contributed by atoms with Crippen LogP contribution in [-0.4, -0.2) is 23.2 Å². The Kier molecular flexibility index (Phi) is 5.51. The summed E-state index contributed by atoms with van der Waals surface area (Å²) >= 11 is 0. The fourth-order valence-corrected chi connectivity index (χ4v) is 4.03. The molecule has 2 atom stereocenters.